The minimum Gasteiger partial charge on any atom is -0.300 e. The highest BCUT2D eigenvalue weighted by Crippen LogP contribution is 1.94. The summed E-state index contributed by atoms with van der Waals surface area (Å²) < 4.78 is 21.0. The summed E-state index contributed by atoms with van der Waals surface area (Å²) in [5.41, 5.74) is 0. The summed E-state index contributed by atoms with van der Waals surface area (Å²) >= 11 is 0. The summed E-state index contributed by atoms with van der Waals surface area (Å²) in [4.78, 5) is 11.3. The molecule has 0 saturated heterocycles. The fraction of sp³-hybridized carbons (Fsp3) is 0.750. The quantitative estimate of drug-likeness (QED) is 0.510. The minimum absolute atomic E-state index is 0.287. The van der Waals surface area contributed by atoms with E-state index < -0.39 is 15.4 Å². The molecular formula is C4H10N2O3S. The molecule has 0 fully saturated rings. The number of sulfonamides is 1. The van der Waals surface area contributed by atoms with Gasteiger partial charge in [0.1, 0.15) is 0 Å². The summed E-state index contributed by atoms with van der Waals surface area (Å²) in [6.45, 7) is 0. The van der Waals surface area contributed by atoms with E-state index in [0.717, 1.165) is 0 Å². The van der Waals surface area contributed by atoms with Crippen molar-refractivity contribution in [1.29, 1.82) is 0 Å². The van der Waals surface area contributed by atoms with E-state index in [9.17, 15) is 13.2 Å². The normalized spacial score (nSPS) is 15.2. The van der Waals surface area contributed by atoms with Crippen molar-refractivity contribution < 1.29 is 13.2 Å². The third-order valence-electron chi connectivity index (χ3n) is 0.962. The Bertz CT molecular complexity index is 209. The monoisotopic (exact) mass is 166 g/mol. The van der Waals surface area contributed by atoms with Crippen molar-refractivity contribution in [3.05, 3.63) is 0 Å². The molecule has 60 valence electrons. The lowest BCUT2D eigenvalue weighted by atomic mass is 10.6. The lowest BCUT2D eigenvalue weighted by Crippen LogP contribution is -2.41. The summed E-state index contributed by atoms with van der Waals surface area (Å²) in [7, 11) is -0.833. The molecule has 0 aliphatic rings. The fourth-order valence-electron chi connectivity index (χ4n) is 0.493. The average molecular weight is 166 g/mol. The van der Waals surface area contributed by atoms with E-state index in [1.54, 1.807) is 0 Å². The summed E-state index contributed by atoms with van der Waals surface area (Å²) in [5, 5.41) is 3.46. The van der Waals surface area contributed by atoms with Crippen LogP contribution in [0.1, 0.15) is 0 Å². The number of primary sulfonamides is 1. The standard InChI is InChI=1S/C4H10N2O3S/c1-6(2)4(3-7)10(5,8)9/h3-4H,1-2H3,(H2,5,8,9). The Hall–Kier alpha value is -0.460. The first-order chi connectivity index (χ1) is 4.39. The molecule has 0 aromatic carbocycles. The van der Waals surface area contributed by atoms with Gasteiger partial charge < -0.3 is 4.79 Å². The van der Waals surface area contributed by atoms with Gasteiger partial charge in [-0.3, -0.25) is 4.90 Å². The Morgan fingerprint density at radius 1 is 1.50 bits per heavy atom. The maximum atomic E-state index is 10.5. The Kier molecular flexibility index (Phi) is 2.95. The molecule has 10 heavy (non-hydrogen) atoms. The number of hydrogen-bond donors (Lipinski definition) is 1. The summed E-state index contributed by atoms with van der Waals surface area (Å²) in [6.07, 6.45) is 0.287. The van der Waals surface area contributed by atoms with E-state index in [-0.39, 0.29) is 6.29 Å². The second kappa shape index (κ2) is 3.09. The molecule has 1 unspecified atom stereocenters. The molecule has 0 aromatic heterocycles. The van der Waals surface area contributed by atoms with Crippen LogP contribution in [0.5, 0.6) is 0 Å². The third-order valence-corrected chi connectivity index (χ3v) is 2.17. The van der Waals surface area contributed by atoms with E-state index in [2.05, 4.69) is 0 Å². The van der Waals surface area contributed by atoms with Gasteiger partial charge in [0, 0.05) is 0 Å². The van der Waals surface area contributed by atoms with Crippen molar-refractivity contribution in [2.24, 2.45) is 5.14 Å². The molecule has 0 aliphatic heterocycles. The predicted molar refractivity (Wildman–Crippen MR) is 36.6 cm³/mol. The molecule has 2 N–H and O–H groups in total. The second-order valence-electron chi connectivity index (χ2n) is 2.08. The maximum absolute atomic E-state index is 10.5. The van der Waals surface area contributed by atoms with Crippen molar-refractivity contribution in [2.45, 2.75) is 5.37 Å². The van der Waals surface area contributed by atoms with Crippen molar-refractivity contribution in [3.8, 4) is 0 Å². The zero-order valence-corrected chi connectivity index (χ0v) is 6.63. The van der Waals surface area contributed by atoms with Gasteiger partial charge in [-0.25, -0.2) is 13.6 Å². The van der Waals surface area contributed by atoms with Gasteiger partial charge in [-0.1, -0.05) is 0 Å². The molecule has 0 aromatic rings. The molecule has 0 amide bonds. The summed E-state index contributed by atoms with van der Waals surface area (Å²) in [5.74, 6) is 0. The van der Waals surface area contributed by atoms with Crippen molar-refractivity contribution >= 4 is 16.3 Å². The molecule has 0 rings (SSSR count). The van der Waals surface area contributed by atoms with E-state index in [4.69, 9.17) is 5.14 Å². The van der Waals surface area contributed by atoms with Crippen LogP contribution in [0.25, 0.3) is 0 Å². The number of aldehydes is 1. The second-order valence-corrected chi connectivity index (χ2v) is 3.74. The topological polar surface area (TPSA) is 80.5 Å². The molecule has 0 heterocycles. The van der Waals surface area contributed by atoms with Gasteiger partial charge >= 0.3 is 0 Å². The molecule has 0 spiro atoms. The van der Waals surface area contributed by atoms with Gasteiger partial charge in [0.2, 0.25) is 10.0 Å². The average Bonchev–Trinajstić information content (AvgIpc) is 1.60. The number of carbonyl (C=O) groups excluding carboxylic acids is 1. The van der Waals surface area contributed by atoms with Crippen LogP contribution in [0, 0.1) is 0 Å². The highest BCUT2D eigenvalue weighted by atomic mass is 32.2. The minimum atomic E-state index is -3.76. The number of likely N-dealkylation sites (N-methyl/N-ethyl adjacent to an activating group) is 1. The molecular weight excluding hydrogens is 156 g/mol. The molecule has 5 nitrogen and oxygen atoms in total. The maximum Gasteiger partial charge on any atom is 0.232 e. The largest absolute Gasteiger partial charge is 0.300 e. The first-order valence-corrected chi connectivity index (χ1v) is 4.14. The van der Waals surface area contributed by atoms with Crippen LogP contribution in [-0.4, -0.2) is 39.1 Å². The number of nitrogens with two attached hydrogens (primary N) is 1. The molecule has 0 aliphatic carbocycles. The lowest BCUT2D eigenvalue weighted by molar-refractivity contribution is -0.109. The molecule has 1 atom stereocenters. The number of nitrogens with zero attached hydrogens (tertiary/aromatic N) is 1. The van der Waals surface area contributed by atoms with Crippen LogP contribution in [0.15, 0.2) is 0 Å². The van der Waals surface area contributed by atoms with Gasteiger partial charge in [0.25, 0.3) is 0 Å². The van der Waals surface area contributed by atoms with Gasteiger partial charge in [-0.15, -0.1) is 0 Å². The lowest BCUT2D eigenvalue weighted by Gasteiger charge is -2.14. The summed E-state index contributed by atoms with van der Waals surface area (Å²) in [6, 6.07) is 0. The Morgan fingerprint density at radius 3 is 1.90 bits per heavy atom. The van der Waals surface area contributed by atoms with E-state index in [1.807, 2.05) is 0 Å². The van der Waals surface area contributed by atoms with Gasteiger partial charge in [0.05, 0.1) is 0 Å². The first kappa shape index (κ1) is 9.54. The Balaban J connectivity index is 4.54. The SMILES string of the molecule is CN(C)C(C=O)S(N)(=O)=O. The predicted octanol–water partition coefficient (Wildman–Crippen LogP) is -1.64. The molecule has 0 radical (unpaired) electrons. The zero-order valence-electron chi connectivity index (χ0n) is 5.81. The Labute approximate surface area is 59.9 Å². The number of hydrogen-bond acceptors (Lipinski definition) is 4. The fourth-order valence-corrected chi connectivity index (χ4v) is 1.24. The molecule has 0 bridgehead atoms. The van der Waals surface area contributed by atoms with E-state index in [0.29, 0.717) is 0 Å². The van der Waals surface area contributed by atoms with Crippen LogP contribution in [0.3, 0.4) is 0 Å². The molecule has 6 heteroatoms. The van der Waals surface area contributed by atoms with Crippen LogP contribution < -0.4 is 5.14 Å². The highest BCUT2D eigenvalue weighted by Gasteiger charge is 2.22. The Morgan fingerprint density at radius 2 is 1.90 bits per heavy atom. The van der Waals surface area contributed by atoms with Crippen LogP contribution in [-0.2, 0) is 14.8 Å². The third kappa shape index (κ3) is 2.42. The van der Waals surface area contributed by atoms with Crippen molar-refractivity contribution in [2.75, 3.05) is 14.1 Å². The van der Waals surface area contributed by atoms with E-state index in [1.165, 1.54) is 19.0 Å². The van der Waals surface area contributed by atoms with Crippen molar-refractivity contribution in [1.82, 2.24) is 4.90 Å². The van der Waals surface area contributed by atoms with Crippen LogP contribution in [0.2, 0.25) is 0 Å². The number of rotatable bonds is 3. The molecule has 0 saturated carbocycles. The number of carbonyl (C=O) groups is 1. The van der Waals surface area contributed by atoms with Gasteiger partial charge in [-0.2, -0.15) is 0 Å². The zero-order chi connectivity index (χ0) is 8.36. The van der Waals surface area contributed by atoms with Crippen LogP contribution in [0.4, 0.5) is 0 Å². The first-order valence-electron chi connectivity index (χ1n) is 2.53. The van der Waals surface area contributed by atoms with Gasteiger partial charge in [-0.05, 0) is 14.1 Å². The van der Waals surface area contributed by atoms with E-state index >= 15 is 0 Å². The highest BCUT2D eigenvalue weighted by molar-refractivity contribution is 7.90. The van der Waals surface area contributed by atoms with Crippen molar-refractivity contribution in [3.63, 3.8) is 0 Å². The van der Waals surface area contributed by atoms with Gasteiger partial charge in [0.15, 0.2) is 11.7 Å². The smallest absolute Gasteiger partial charge is 0.232 e. The van der Waals surface area contributed by atoms with Crippen LogP contribution >= 0.6 is 0 Å².